The Bertz CT molecular complexity index is 1220. The molecule has 0 heterocycles. The van der Waals surface area contributed by atoms with E-state index in [1.165, 1.54) is 51.4 Å². The molecule has 0 aromatic heterocycles. The molecule has 0 aromatic rings. The summed E-state index contributed by atoms with van der Waals surface area (Å²) >= 11 is 0. The van der Waals surface area contributed by atoms with Crippen LogP contribution in [-0.2, 0) is 37.5 Å². The average Bonchev–Trinajstić information content (AvgIpc) is 3.15. The molecule has 57 heavy (non-hydrogen) atoms. The molecule has 0 aliphatic carbocycles. The Morgan fingerprint density at radius 2 is 1.12 bits per heavy atom. The van der Waals surface area contributed by atoms with Gasteiger partial charge in [-0.15, -0.1) is 0 Å². The van der Waals surface area contributed by atoms with Crippen LogP contribution in [0, 0.1) is 0 Å². The number of rotatable bonds is 39. The zero-order chi connectivity index (χ0) is 42.3. The van der Waals surface area contributed by atoms with E-state index < -0.39 is 32.5 Å². The first-order chi connectivity index (χ1) is 27.4. The predicted molar refractivity (Wildman–Crippen MR) is 231 cm³/mol. The maximum atomic E-state index is 12.6. The number of ketones is 1. The van der Waals surface area contributed by atoms with Crippen LogP contribution in [0.25, 0.3) is 0 Å². The van der Waals surface area contributed by atoms with Crippen molar-refractivity contribution >= 4 is 25.5 Å². The van der Waals surface area contributed by atoms with Crippen LogP contribution in [0.5, 0.6) is 0 Å². The predicted octanol–water partition coefficient (Wildman–Crippen LogP) is 11.0. The summed E-state index contributed by atoms with van der Waals surface area (Å²) in [5.74, 6) is -0.778. The van der Waals surface area contributed by atoms with Crippen molar-refractivity contribution in [2.75, 3.05) is 47.5 Å². The summed E-state index contributed by atoms with van der Waals surface area (Å²) < 4.78 is 33.8. The topological polar surface area (TPSA) is 128 Å². The lowest BCUT2D eigenvalue weighted by atomic mass is 10.1. The second-order valence-corrected chi connectivity index (χ2v) is 17.1. The number of ether oxygens (including phenoxy) is 2. The molecule has 0 radical (unpaired) electrons. The molecule has 0 saturated carbocycles. The van der Waals surface area contributed by atoms with Crippen molar-refractivity contribution in [3.8, 4) is 0 Å². The highest BCUT2D eigenvalue weighted by atomic mass is 31.2. The molecule has 1 unspecified atom stereocenters. The maximum Gasteiger partial charge on any atom is 0.306 e. The number of phosphoric ester groups is 1. The lowest BCUT2D eigenvalue weighted by Crippen LogP contribution is -2.37. The monoisotopic (exact) mass is 822 g/mol. The Morgan fingerprint density at radius 1 is 0.596 bits per heavy atom. The van der Waals surface area contributed by atoms with E-state index >= 15 is 0 Å². The third kappa shape index (κ3) is 41.3. The van der Waals surface area contributed by atoms with Gasteiger partial charge in [0.05, 0.1) is 27.7 Å². The van der Waals surface area contributed by atoms with E-state index in [1.807, 2.05) is 45.4 Å². The number of nitrogens with zero attached hydrogens (tertiary/aromatic N) is 1. The van der Waals surface area contributed by atoms with Crippen LogP contribution in [0.1, 0.15) is 162 Å². The van der Waals surface area contributed by atoms with E-state index in [0.717, 1.165) is 57.8 Å². The minimum Gasteiger partial charge on any atom is -0.756 e. The number of likely N-dealkylation sites (N-methyl/N-ethyl adjacent to an activating group) is 1. The number of esters is 2. The van der Waals surface area contributed by atoms with Gasteiger partial charge in [-0.3, -0.25) is 18.9 Å². The minimum absolute atomic E-state index is 0.0548. The minimum atomic E-state index is -4.66. The lowest BCUT2D eigenvalue weighted by Gasteiger charge is -2.28. The van der Waals surface area contributed by atoms with E-state index in [1.54, 1.807) is 12.2 Å². The quantitative estimate of drug-likeness (QED) is 0.0113. The van der Waals surface area contributed by atoms with Crippen molar-refractivity contribution in [2.45, 2.75) is 168 Å². The summed E-state index contributed by atoms with van der Waals surface area (Å²) in [6.07, 6.45) is 40.9. The Morgan fingerprint density at radius 3 is 1.79 bits per heavy atom. The molecule has 0 saturated heterocycles. The van der Waals surface area contributed by atoms with Crippen LogP contribution in [-0.4, -0.2) is 75.8 Å². The Labute approximate surface area is 347 Å². The van der Waals surface area contributed by atoms with E-state index in [-0.39, 0.29) is 31.8 Å². The first-order valence-electron chi connectivity index (χ1n) is 21.9. The van der Waals surface area contributed by atoms with Crippen LogP contribution < -0.4 is 4.89 Å². The molecule has 0 rings (SSSR count). The van der Waals surface area contributed by atoms with Crippen LogP contribution in [0.15, 0.2) is 60.8 Å². The molecular weight excluding hydrogens is 741 g/mol. The smallest absolute Gasteiger partial charge is 0.306 e. The van der Waals surface area contributed by atoms with Gasteiger partial charge in [0.2, 0.25) is 0 Å². The van der Waals surface area contributed by atoms with Gasteiger partial charge in [0.15, 0.2) is 11.9 Å². The van der Waals surface area contributed by atoms with Gasteiger partial charge in [0.1, 0.15) is 19.8 Å². The molecule has 11 heteroatoms. The molecule has 0 aliphatic heterocycles. The zero-order valence-electron chi connectivity index (χ0n) is 36.5. The van der Waals surface area contributed by atoms with Crippen molar-refractivity contribution in [1.29, 1.82) is 0 Å². The number of carbonyl (C=O) groups excluding carboxylic acids is 3. The molecule has 0 spiro atoms. The first kappa shape index (κ1) is 54.4. The van der Waals surface area contributed by atoms with Gasteiger partial charge < -0.3 is 27.9 Å². The largest absolute Gasteiger partial charge is 0.756 e. The summed E-state index contributed by atoms with van der Waals surface area (Å²) in [6, 6.07) is 0. The SMILES string of the molecule is CCCCCC/C=C\CCCCCCCCCC(=O)OC[C@H](COP(=O)([O-])OCC[N+](C)(C)C)OC(=O)CCC/C=C\C/C=C\C/C=C\C=C\C(=O)CCCCC. The Balaban J connectivity index is 4.52. The standard InChI is InChI=1S/C46H80NO9P/c1-6-8-10-11-12-13-14-15-16-17-20-23-26-29-33-37-45(49)53-41-44(42-55-57(51,52)54-40-39-47(3,4)5)56-46(50)38-34-30-27-24-21-18-19-22-25-28-32-36-43(48)35-31-9-7-2/h13-14,18-19,24-25,27-28,32,36,44H,6-12,15-17,20-23,26,29-31,33-35,37-42H2,1-5H3/b14-13-,19-18-,27-24-,28-25-,36-32+/t44-/m1/s1. The van der Waals surface area contributed by atoms with Gasteiger partial charge in [0.25, 0.3) is 7.82 Å². The van der Waals surface area contributed by atoms with E-state index in [9.17, 15) is 23.8 Å². The maximum absolute atomic E-state index is 12.6. The number of carbonyl (C=O) groups is 3. The molecule has 2 atom stereocenters. The third-order valence-corrected chi connectivity index (χ3v) is 9.95. The van der Waals surface area contributed by atoms with Crippen molar-refractivity contribution < 1.29 is 46.8 Å². The number of allylic oxidation sites excluding steroid dienone is 10. The second-order valence-electron chi connectivity index (χ2n) is 15.7. The van der Waals surface area contributed by atoms with Gasteiger partial charge >= 0.3 is 11.9 Å². The highest BCUT2D eigenvalue weighted by Gasteiger charge is 2.21. The summed E-state index contributed by atoms with van der Waals surface area (Å²) in [5.41, 5.74) is 0. The van der Waals surface area contributed by atoms with Crippen molar-refractivity contribution in [1.82, 2.24) is 0 Å². The molecule has 0 aromatic carbocycles. The molecule has 10 nitrogen and oxygen atoms in total. The van der Waals surface area contributed by atoms with E-state index in [4.69, 9.17) is 18.5 Å². The summed E-state index contributed by atoms with van der Waals surface area (Å²) in [5, 5.41) is 0. The van der Waals surface area contributed by atoms with Gasteiger partial charge in [0, 0.05) is 19.3 Å². The van der Waals surface area contributed by atoms with Crippen LogP contribution in [0.4, 0.5) is 0 Å². The molecule has 0 aliphatic rings. The van der Waals surface area contributed by atoms with E-state index in [0.29, 0.717) is 36.7 Å². The third-order valence-electron chi connectivity index (χ3n) is 8.99. The van der Waals surface area contributed by atoms with Crippen LogP contribution >= 0.6 is 7.82 Å². The fourth-order valence-corrected chi connectivity index (χ4v) is 6.21. The lowest BCUT2D eigenvalue weighted by molar-refractivity contribution is -0.870. The molecule has 0 bridgehead atoms. The second kappa shape index (κ2) is 37.6. The molecule has 0 fully saturated rings. The van der Waals surface area contributed by atoms with E-state index in [2.05, 4.69) is 38.2 Å². The Hall–Kier alpha value is -2.62. The number of phosphoric acid groups is 1. The van der Waals surface area contributed by atoms with Crippen molar-refractivity contribution in [3.63, 3.8) is 0 Å². The number of quaternary nitrogens is 1. The number of unbranched alkanes of at least 4 members (excludes halogenated alkanes) is 14. The van der Waals surface area contributed by atoms with Gasteiger partial charge in [-0.1, -0.05) is 133 Å². The number of hydrogen-bond donors (Lipinski definition) is 0. The van der Waals surface area contributed by atoms with Gasteiger partial charge in [-0.2, -0.15) is 0 Å². The summed E-state index contributed by atoms with van der Waals surface area (Å²) in [4.78, 5) is 49.2. The highest BCUT2D eigenvalue weighted by Crippen LogP contribution is 2.38. The fourth-order valence-electron chi connectivity index (χ4n) is 5.48. The number of hydrogen-bond acceptors (Lipinski definition) is 9. The molecular formula is C46H80NO9P. The van der Waals surface area contributed by atoms with Gasteiger partial charge in [-0.05, 0) is 70.3 Å². The fraction of sp³-hybridized carbons (Fsp3) is 0.717. The summed E-state index contributed by atoms with van der Waals surface area (Å²) in [7, 11) is 1.08. The van der Waals surface area contributed by atoms with Crippen molar-refractivity contribution in [2.24, 2.45) is 0 Å². The van der Waals surface area contributed by atoms with Crippen molar-refractivity contribution in [3.05, 3.63) is 60.8 Å². The Kier molecular flexibility index (Phi) is 35.9. The average molecular weight is 822 g/mol. The molecule has 0 N–H and O–H groups in total. The van der Waals surface area contributed by atoms with Gasteiger partial charge in [-0.25, -0.2) is 0 Å². The van der Waals surface area contributed by atoms with Crippen LogP contribution in [0.3, 0.4) is 0 Å². The first-order valence-corrected chi connectivity index (χ1v) is 23.4. The normalized spacial score (nSPS) is 14.1. The summed E-state index contributed by atoms with van der Waals surface area (Å²) in [6.45, 7) is 3.95. The molecule has 328 valence electrons. The van der Waals surface area contributed by atoms with Crippen LogP contribution in [0.2, 0.25) is 0 Å². The highest BCUT2D eigenvalue weighted by molar-refractivity contribution is 7.45. The molecule has 0 amide bonds. The zero-order valence-corrected chi connectivity index (χ0v) is 37.4.